The van der Waals surface area contributed by atoms with Crippen LogP contribution in [-0.2, 0) is 20.6 Å². The van der Waals surface area contributed by atoms with Crippen molar-refractivity contribution in [3.63, 3.8) is 0 Å². The number of unbranched alkanes of at least 4 members (excludes halogenated alkanes) is 1. The summed E-state index contributed by atoms with van der Waals surface area (Å²) in [5, 5.41) is 0.208. The van der Waals surface area contributed by atoms with Crippen LogP contribution in [-0.4, -0.2) is 18.7 Å². The summed E-state index contributed by atoms with van der Waals surface area (Å²) in [7, 11) is 3.02. The van der Waals surface area contributed by atoms with Gasteiger partial charge in [0.15, 0.2) is 11.2 Å². The van der Waals surface area contributed by atoms with Gasteiger partial charge in [0.1, 0.15) is 0 Å². The highest BCUT2D eigenvalue weighted by atomic mass is 35.5. The van der Waals surface area contributed by atoms with Crippen LogP contribution < -0.4 is 11.2 Å². The summed E-state index contributed by atoms with van der Waals surface area (Å²) >= 11 is 6.08. The van der Waals surface area contributed by atoms with E-state index in [-0.39, 0.29) is 10.8 Å². The van der Waals surface area contributed by atoms with E-state index in [0.29, 0.717) is 17.7 Å². The van der Waals surface area contributed by atoms with Crippen LogP contribution in [0.4, 0.5) is 0 Å². The van der Waals surface area contributed by atoms with Crippen LogP contribution in [0.25, 0.3) is 11.2 Å². The van der Waals surface area contributed by atoms with Crippen LogP contribution in [0.15, 0.2) is 21.7 Å². The second-order valence-electron chi connectivity index (χ2n) is 4.63. The highest BCUT2D eigenvalue weighted by molar-refractivity contribution is 6.29. The SMILES string of the molecule is CCCC=CCn1c(Cl)nc2c1c(=O)n(C)c(=O)n2C. The molecule has 2 aromatic rings. The van der Waals surface area contributed by atoms with Crippen molar-refractivity contribution in [3.8, 4) is 0 Å². The van der Waals surface area contributed by atoms with Crippen molar-refractivity contribution in [2.24, 2.45) is 14.1 Å². The van der Waals surface area contributed by atoms with E-state index >= 15 is 0 Å². The maximum Gasteiger partial charge on any atom is 0.332 e. The maximum atomic E-state index is 12.2. The minimum Gasteiger partial charge on any atom is -0.305 e. The molecule has 0 saturated carbocycles. The Morgan fingerprint density at radius 3 is 2.55 bits per heavy atom. The van der Waals surface area contributed by atoms with Crippen molar-refractivity contribution in [2.75, 3.05) is 0 Å². The van der Waals surface area contributed by atoms with Crippen LogP contribution in [0, 0.1) is 0 Å². The number of hydrogen-bond acceptors (Lipinski definition) is 3. The van der Waals surface area contributed by atoms with Crippen LogP contribution >= 0.6 is 11.6 Å². The maximum absolute atomic E-state index is 12.2. The molecule has 2 aromatic heterocycles. The number of allylic oxidation sites excluding steroid dienone is 2. The highest BCUT2D eigenvalue weighted by Gasteiger charge is 2.17. The van der Waals surface area contributed by atoms with Crippen molar-refractivity contribution in [3.05, 3.63) is 38.3 Å². The van der Waals surface area contributed by atoms with Gasteiger partial charge in [0.25, 0.3) is 5.56 Å². The van der Waals surface area contributed by atoms with E-state index in [0.717, 1.165) is 17.4 Å². The quantitative estimate of drug-likeness (QED) is 0.633. The van der Waals surface area contributed by atoms with Gasteiger partial charge < -0.3 is 4.57 Å². The molecule has 0 atom stereocenters. The van der Waals surface area contributed by atoms with E-state index in [2.05, 4.69) is 11.9 Å². The fourth-order valence-corrected chi connectivity index (χ4v) is 2.28. The van der Waals surface area contributed by atoms with Gasteiger partial charge >= 0.3 is 5.69 Å². The molecule has 0 fully saturated rings. The van der Waals surface area contributed by atoms with Gasteiger partial charge in [-0.3, -0.25) is 13.9 Å². The zero-order valence-electron chi connectivity index (χ0n) is 11.8. The van der Waals surface area contributed by atoms with E-state index in [1.54, 1.807) is 11.6 Å². The first-order chi connectivity index (χ1) is 9.49. The lowest BCUT2D eigenvalue weighted by Crippen LogP contribution is -2.37. The number of halogens is 1. The Bertz CT molecular complexity index is 782. The zero-order chi connectivity index (χ0) is 14.9. The van der Waals surface area contributed by atoms with Crippen molar-refractivity contribution in [1.82, 2.24) is 18.7 Å². The van der Waals surface area contributed by atoms with E-state index in [9.17, 15) is 9.59 Å². The third-order valence-corrected chi connectivity index (χ3v) is 3.50. The second kappa shape index (κ2) is 5.66. The molecule has 2 heterocycles. The average Bonchev–Trinajstić information content (AvgIpc) is 2.76. The standard InChI is InChI=1S/C13H17ClN4O2/c1-4-5-6-7-8-18-9-10(15-12(18)14)16(2)13(20)17(3)11(9)19/h6-7H,4-5,8H2,1-3H3. The van der Waals surface area contributed by atoms with Crippen molar-refractivity contribution >= 4 is 22.8 Å². The van der Waals surface area contributed by atoms with Crippen LogP contribution in [0.3, 0.4) is 0 Å². The smallest absolute Gasteiger partial charge is 0.305 e. The molecular weight excluding hydrogens is 280 g/mol. The molecule has 2 rings (SSSR count). The molecule has 0 unspecified atom stereocenters. The number of aromatic nitrogens is 4. The predicted molar refractivity (Wildman–Crippen MR) is 79.3 cm³/mol. The molecule has 6 nitrogen and oxygen atoms in total. The molecular formula is C13H17ClN4O2. The first-order valence-corrected chi connectivity index (χ1v) is 6.83. The first-order valence-electron chi connectivity index (χ1n) is 6.45. The lowest BCUT2D eigenvalue weighted by molar-refractivity contribution is 0.703. The van der Waals surface area contributed by atoms with Gasteiger partial charge in [-0.2, -0.15) is 4.98 Å². The molecule has 7 heteroatoms. The average molecular weight is 297 g/mol. The summed E-state index contributed by atoms with van der Waals surface area (Å²) in [4.78, 5) is 28.2. The summed E-state index contributed by atoms with van der Waals surface area (Å²) in [5.41, 5.74) is -0.135. The molecule has 0 aliphatic heterocycles. The zero-order valence-corrected chi connectivity index (χ0v) is 12.5. The Kier molecular flexibility index (Phi) is 4.13. The van der Waals surface area contributed by atoms with Gasteiger partial charge in [-0.1, -0.05) is 25.5 Å². The predicted octanol–water partition coefficient (Wildman–Crippen LogP) is 1.44. The van der Waals surface area contributed by atoms with Crippen LogP contribution in [0.1, 0.15) is 19.8 Å². The van der Waals surface area contributed by atoms with Gasteiger partial charge in [-0.25, -0.2) is 4.79 Å². The topological polar surface area (TPSA) is 61.8 Å². The van der Waals surface area contributed by atoms with E-state index in [1.807, 2.05) is 12.2 Å². The number of hydrogen-bond donors (Lipinski definition) is 0. The molecule has 0 N–H and O–H groups in total. The largest absolute Gasteiger partial charge is 0.332 e. The summed E-state index contributed by atoms with van der Waals surface area (Å²) in [5.74, 6) is 0. The number of fused-ring (bicyclic) bond motifs is 1. The van der Waals surface area contributed by atoms with Crippen LogP contribution in [0.2, 0.25) is 5.28 Å². The molecule has 0 aliphatic rings. The normalized spacial score (nSPS) is 11.8. The van der Waals surface area contributed by atoms with Crippen LogP contribution in [0.5, 0.6) is 0 Å². The third-order valence-electron chi connectivity index (χ3n) is 3.21. The number of rotatable bonds is 4. The molecule has 0 amide bonds. The number of imidazole rings is 1. The number of nitrogens with zero attached hydrogens (tertiary/aromatic N) is 4. The van der Waals surface area contributed by atoms with E-state index in [4.69, 9.17) is 11.6 Å². The molecule has 108 valence electrons. The third kappa shape index (κ3) is 2.31. The van der Waals surface area contributed by atoms with Gasteiger partial charge in [-0.05, 0) is 18.0 Å². The molecule has 20 heavy (non-hydrogen) atoms. The van der Waals surface area contributed by atoms with Crippen molar-refractivity contribution in [1.29, 1.82) is 0 Å². The summed E-state index contributed by atoms with van der Waals surface area (Å²) in [6.45, 7) is 2.55. The Hall–Kier alpha value is -1.82. The number of aryl methyl sites for hydroxylation is 1. The van der Waals surface area contributed by atoms with Gasteiger partial charge in [0.2, 0.25) is 5.28 Å². The highest BCUT2D eigenvalue weighted by Crippen LogP contribution is 2.15. The summed E-state index contributed by atoms with van der Waals surface area (Å²) in [6.07, 6.45) is 6.02. The molecule has 0 spiro atoms. The molecule has 0 aromatic carbocycles. The van der Waals surface area contributed by atoms with Gasteiger partial charge in [0.05, 0.1) is 0 Å². The summed E-state index contributed by atoms with van der Waals surface area (Å²) < 4.78 is 4.01. The lowest BCUT2D eigenvalue weighted by Gasteiger charge is -2.05. The molecule has 0 bridgehead atoms. The minimum atomic E-state index is -0.412. The minimum absolute atomic E-state index is 0.208. The fourth-order valence-electron chi connectivity index (χ4n) is 2.05. The van der Waals surface area contributed by atoms with E-state index < -0.39 is 5.69 Å². The Morgan fingerprint density at radius 2 is 1.90 bits per heavy atom. The fraction of sp³-hybridized carbons (Fsp3) is 0.462. The monoisotopic (exact) mass is 296 g/mol. The second-order valence-corrected chi connectivity index (χ2v) is 4.97. The van der Waals surface area contributed by atoms with Gasteiger partial charge in [-0.15, -0.1) is 0 Å². The Balaban J connectivity index is 2.65. The molecule has 0 aliphatic carbocycles. The van der Waals surface area contributed by atoms with Crippen molar-refractivity contribution in [2.45, 2.75) is 26.3 Å². The lowest BCUT2D eigenvalue weighted by atomic mass is 10.3. The molecule has 0 radical (unpaired) electrons. The van der Waals surface area contributed by atoms with E-state index in [1.165, 1.54) is 11.6 Å². The Morgan fingerprint density at radius 1 is 1.20 bits per heavy atom. The first kappa shape index (κ1) is 14.6. The van der Waals surface area contributed by atoms with Gasteiger partial charge in [0, 0.05) is 20.6 Å². The molecule has 0 saturated heterocycles. The van der Waals surface area contributed by atoms with Crippen molar-refractivity contribution < 1.29 is 0 Å². The Labute approximate surface area is 120 Å². The summed E-state index contributed by atoms with van der Waals surface area (Å²) in [6, 6.07) is 0.